The molecule has 0 aliphatic carbocycles. The quantitative estimate of drug-likeness (QED) is 0.624. The molecule has 4 nitrogen and oxygen atoms in total. The van der Waals surface area contributed by atoms with Crippen molar-refractivity contribution in [2.24, 2.45) is 0 Å². The molecule has 0 bridgehead atoms. The van der Waals surface area contributed by atoms with Crippen LogP contribution >= 0.6 is 23.2 Å². The van der Waals surface area contributed by atoms with Crippen molar-refractivity contribution in [3.63, 3.8) is 0 Å². The number of alkyl halides is 2. The third-order valence-corrected chi connectivity index (χ3v) is 2.12. The Morgan fingerprint density at radius 2 is 2.15 bits per heavy atom. The summed E-state index contributed by atoms with van der Waals surface area (Å²) in [6.45, 7) is 3.09. The summed E-state index contributed by atoms with van der Waals surface area (Å²) in [4.78, 5) is 22.2. The van der Waals surface area contributed by atoms with Crippen molar-refractivity contribution in [2.45, 2.75) is 24.4 Å². The average molecular weight is 226 g/mol. The molecule has 1 saturated heterocycles. The molecular formula is C7H9Cl2NO3. The molecule has 0 aromatic rings. The first kappa shape index (κ1) is 10.8. The zero-order valence-corrected chi connectivity index (χ0v) is 8.72. The number of imide groups is 1. The molecule has 0 aromatic carbocycles. The molecule has 0 unspecified atom stereocenters. The lowest BCUT2D eigenvalue weighted by Gasteiger charge is -2.28. The number of carbonyl (C=O) groups excluding carboxylic acids is 2. The van der Waals surface area contributed by atoms with E-state index in [1.165, 1.54) is 0 Å². The van der Waals surface area contributed by atoms with Crippen LogP contribution in [0.5, 0.6) is 0 Å². The summed E-state index contributed by atoms with van der Waals surface area (Å²) in [5, 5.41) is 0. The Morgan fingerprint density at radius 1 is 1.62 bits per heavy atom. The topological polar surface area (TPSA) is 46.6 Å². The van der Waals surface area contributed by atoms with Crippen LogP contribution < -0.4 is 0 Å². The summed E-state index contributed by atoms with van der Waals surface area (Å²) in [5.41, 5.74) is -0.948. The summed E-state index contributed by atoms with van der Waals surface area (Å²) in [5.74, 6) is -1.06. The SMILES string of the molecule is CC1(C)OCC(=O)N1C(=O)C(Cl)Cl. The maximum atomic E-state index is 11.3. The van der Waals surface area contributed by atoms with E-state index in [4.69, 9.17) is 27.9 Å². The van der Waals surface area contributed by atoms with E-state index in [1.807, 2.05) is 0 Å². The molecule has 13 heavy (non-hydrogen) atoms. The summed E-state index contributed by atoms with van der Waals surface area (Å²) >= 11 is 10.7. The van der Waals surface area contributed by atoms with Gasteiger partial charge in [0.25, 0.3) is 11.8 Å². The van der Waals surface area contributed by atoms with Gasteiger partial charge in [0.2, 0.25) is 0 Å². The number of halogens is 2. The smallest absolute Gasteiger partial charge is 0.264 e. The molecule has 0 radical (unpaired) electrons. The van der Waals surface area contributed by atoms with Crippen molar-refractivity contribution in [2.75, 3.05) is 6.61 Å². The molecule has 1 aliphatic heterocycles. The van der Waals surface area contributed by atoms with E-state index in [0.717, 1.165) is 4.90 Å². The molecule has 0 N–H and O–H groups in total. The predicted octanol–water partition coefficient (Wildman–Crippen LogP) is 0.912. The van der Waals surface area contributed by atoms with Crippen LogP contribution in [0.4, 0.5) is 0 Å². The monoisotopic (exact) mass is 225 g/mol. The van der Waals surface area contributed by atoms with Crippen LogP contribution in [0.2, 0.25) is 0 Å². The fourth-order valence-electron chi connectivity index (χ4n) is 1.15. The van der Waals surface area contributed by atoms with Crippen molar-refractivity contribution >= 4 is 35.0 Å². The number of rotatable bonds is 1. The lowest BCUT2D eigenvalue weighted by atomic mass is 10.2. The molecule has 6 heteroatoms. The summed E-state index contributed by atoms with van der Waals surface area (Å²) in [6, 6.07) is 0. The van der Waals surface area contributed by atoms with Crippen LogP contribution in [-0.2, 0) is 14.3 Å². The number of amides is 2. The van der Waals surface area contributed by atoms with Gasteiger partial charge in [-0.15, -0.1) is 0 Å². The van der Waals surface area contributed by atoms with Crippen LogP contribution in [0.3, 0.4) is 0 Å². The lowest BCUT2D eigenvalue weighted by Crippen LogP contribution is -2.48. The standard InChI is InChI=1S/C7H9Cl2NO3/c1-7(2)10(4(11)3-13-7)6(12)5(8)9/h5H,3H2,1-2H3. The Balaban J connectivity index is 2.88. The van der Waals surface area contributed by atoms with Gasteiger partial charge in [-0.25, -0.2) is 4.90 Å². The second-order valence-corrected chi connectivity index (χ2v) is 4.20. The maximum absolute atomic E-state index is 11.3. The number of carbonyl (C=O) groups is 2. The Hall–Kier alpha value is -0.320. The van der Waals surface area contributed by atoms with E-state index >= 15 is 0 Å². The van der Waals surface area contributed by atoms with Crippen molar-refractivity contribution in [3.8, 4) is 0 Å². The first-order valence-corrected chi connectivity index (χ1v) is 4.52. The van der Waals surface area contributed by atoms with Gasteiger partial charge in [-0.1, -0.05) is 23.2 Å². The Morgan fingerprint density at radius 3 is 2.46 bits per heavy atom. The zero-order chi connectivity index (χ0) is 10.2. The Labute approximate surface area is 85.7 Å². The van der Waals surface area contributed by atoms with Gasteiger partial charge in [0, 0.05) is 0 Å². The van der Waals surface area contributed by atoms with Gasteiger partial charge in [-0.3, -0.25) is 9.59 Å². The molecule has 0 saturated carbocycles. The minimum absolute atomic E-state index is 0.112. The summed E-state index contributed by atoms with van der Waals surface area (Å²) in [7, 11) is 0. The van der Waals surface area contributed by atoms with Gasteiger partial charge >= 0.3 is 0 Å². The molecule has 2 amide bonds. The summed E-state index contributed by atoms with van der Waals surface area (Å²) in [6.07, 6.45) is 0. The van der Waals surface area contributed by atoms with Gasteiger partial charge in [0.1, 0.15) is 12.3 Å². The van der Waals surface area contributed by atoms with Crippen molar-refractivity contribution in [1.82, 2.24) is 4.90 Å². The van der Waals surface area contributed by atoms with Gasteiger partial charge < -0.3 is 4.74 Å². The number of ether oxygens (including phenoxy) is 1. The largest absolute Gasteiger partial charge is 0.346 e. The predicted molar refractivity (Wildman–Crippen MR) is 47.4 cm³/mol. The number of hydrogen-bond donors (Lipinski definition) is 0. The van der Waals surface area contributed by atoms with Crippen LogP contribution in [0.25, 0.3) is 0 Å². The lowest BCUT2D eigenvalue weighted by molar-refractivity contribution is -0.150. The summed E-state index contributed by atoms with van der Waals surface area (Å²) < 4.78 is 5.07. The first-order chi connectivity index (χ1) is 5.86. The fraction of sp³-hybridized carbons (Fsp3) is 0.714. The van der Waals surface area contributed by atoms with Gasteiger partial charge in [-0.05, 0) is 13.8 Å². The molecule has 1 rings (SSSR count). The van der Waals surface area contributed by atoms with E-state index < -0.39 is 22.4 Å². The molecular weight excluding hydrogens is 217 g/mol. The maximum Gasteiger partial charge on any atom is 0.264 e. The minimum atomic E-state index is -1.23. The highest BCUT2D eigenvalue weighted by Crippen LogP contribution is 2.25. The van der Waals surface area contributed by atoms with Crippen molar-refractivity contribution in [3.05, 3.63) is 0 Å². The highest BCUT2D eigenvalue weighted by atomic mass is 35.5. The zero-order valence-electron chi connectivity index (χ0n) is 7.21. The molecule has 0 spiro atoms. The van der Waals surface area contributed by atoms with Crippen molar-refractivity contribution < 1.29 is 14.3 Å². The van der Waals surface area contributed by atoms with E-state index in [2.05, 4.69) is 0 Å². The molecule has 1 aliphatic rings. The van der Waals surface area contributed by atoms with E-state index in [1.54, 1.807) is 13.8 Å². The fourth-order valence-corrected chi connectivity index (χ4v) is 1.35. The average Bonchev–Trinajstić information content (AvgIpc) is 2.25. The Bertz CT molecular complexity index is 252. The molecule has 1 heterocycles. The highest BCUT2D eigenvalue weighted by Gasteiger charge is 2.44. The molecule has 0 atom stereocenters. The number of nitrogens with zero attached hydrogens (tertiary/aromatic N) is 1. The van der Waals surface area contributed by atoms with Crippen molar-refractivity contribution in [1.29, 1.82) is 0 Å². The second-order valence-electron chi connectivity index (χ2n) is 3.10. The minimum Gasteiger partial charge on any atom is -0.346 e. The highest BCUT2D eigenvalue weighted by molar-refractivity contribution is 6.54. The third-order valence-electron chi connectivity index (χ3n) is 1.74. The van der Waals surface area contributed by atoms with Crippen LogP contribution in [0.1, 0.15) is 13.8 Å². The molecule has 1 fully saturated rings. The first-order valence-electron chi connectivity index (χ1n) is 3.65. The van der Waals surface area contributed by atoms with Gasteiger partial charge in [-0.2, -0.15) is 0 Å². The second kappa shape index (κ2) is 3.44. The van der Waals surface area contributed by atoms with Crippen LogP contribution in [0.15, 0.2) is 0 Å². The van der Waals surface area contributed by atoms with E-state index in [9.17, 15) is 9.59 Å². The van der Waals surface area contributed by atoms with Gasteiger partial charge in [0.05, 0.1) is 0 Å². The Kier molecular flexibility index (Phi) is 2.85. The van der Waals surface area contributed by atoms with Crippen LogP contribution in [-0.4, -0.2) is 33.9 Å². The van der Waals surface area contributed by atoms with E-state index in [-0.39, 0.29) is 6.61 Å². The normalized spacial score (nSPS) is 21.3. The molecule has 0 aromatic heterocycles. The van der Waals surface area contributed by atoms with Gasteiger partial charge in [0.15, 0.2) is 4.84 Å². The van der Waals surface area contributed by atoms with Crippen LogP contribution in [0, 0.1) is 0 Å². The molecule has 74 valence electrons. The third kappa shape index (κ3) is 1.95. The number of hydrogen-bond acceptors (Lipinski definition) is 3. The van der Waals surface area contributed by atoms with E-state index in [0.29, 0.717) is 0 Å².